The van der Waals surface area contributed by atoms with Gasteiger partial charge in [-0.2, -0.15) is 0 Å². The van der Waals surface area contributed by atoms with Gasteiger partial charge in [0, 0.05) is 29.6 Å². The van der Waals surface area contributed by atoms with Gasteiger partial charge in [-0.25, -0.2) is 4.79 Å². The van der Waals surface area contributed by atoms with E-state index in [1.807, 2.05) is 18.2 Å². The number of amides is 1. The standard InChI is InChI=1S/C22H26N2O3/c1-2-27-22(26)18-14-24(21(25)15-8-4-3-5-9-15)13-12-17-16-10-6-7-11-19(16)23-20(17)18/h6-7,10-11,14-15,23H,2-5,8-9,12-13H2,1H3. The Labute approximate surface area is 159 Å². The summed E-state index contributed by atoms with van der Waals surface area (Å²) in [6.45, 7) is 2.70. The summed E-state index contributed by atoms with van der Waals surface area (Å²) in [5.41, 5.74) is 3.33. The van der Waals surface area contributed by atoms with Gasteiger partial charge in [0.15, 0.2) is 0 Å². The SMILES string of the molecule is CCOC(=O)C1=CN(C(=O)C2CCCCC2)CCc2c1[nH]c1ccccc21. The first-order chi connectivity index (χ1) is 13.2. The van der Waals surface area contributed by atoms with Gasteiger partial charge in [0.2, 0.25) is 5.91 Å². The lowest BCUT2D eigenvalue weighted by Gasteiger charge is -2.26. The fourth-order valence-corrected chi connectivity index (χ4v) is 4.33. The maximum Gasteiger partial charge on any atom is 0.341 e. The van der Waals surface area contributed by atoms with E-state index < -0.39 is 0 Å². The number of nitrogens with zero attached hydrogens (tertiary/aromatic N) is 1. The monoisotopic (exact) mass is 366 g/mol. The number of esters is 1. The third kappa shape index (κ3) is 3.38. The molecule has 1 aliphatic carbocycles. The summed E-state index contributed by atoms with van der Waals surface area (Å²) in [4.78, 5) is 30.9. The summed E-state index contributed by atoms with van der Waals surface area (Å²) in [7, 11) is 0. The van der Waals surface area contributed by atoms with Crippen LogP contribution in [0.5, 0.6) is 0 Å². The number of rotatable bonds is 3. The van der Waals surface area contributed by atoms with Crippen molar-refractivity contribution in [3.8, 4) is 0 Å². The van der Waals surface area contributed by atoms with E-state index in [-0.39, 0.29) is 17.8 Å². The maximum atomic E-state index is 13.1. The van der Waals surface area contributed by atoms with E-state index in [1.54, 1.807) is 18.0 Å². The third-order valence-electron chi connectivity index (χ3n) is 5.70. The molecule has 1 amide bonds. The highest BCUT2D eigenvalue weighted by atomic mass is 16.5. The lowest BCUT2D eigenvalue weighted by atomic mass is 9.88. The maximum absolute atomic E-state index is 13.1. The van der Waals surface area contributed by atoms with Crippen LogP contribution in [0.1, 0.15) is 50.3 Å². The van der Waals surface area contributed by atoms with E-state index in [2.05, 4.69) is 11.1 Å². The number of fused-ring (bicyclic) bond motifs is 3. The molecule has 0 spiro atoms. The molecular weight excluding hydrogens is 340 g/mol. The van der Waals surface area contributed by atoms with E-state index in [0.717, 1.165) is 54.3 Å². The Morgan fingerprint density at radius 1 is 1.19 bits per heavy atom. The fourth-order valence-electron chi connectivity index (χ4n) is 4.33. The molecule has 1 aromatic heterocycles. The first-order valence-corrected chi connectivity index (χ1v) is 9.98. The number of aromatic nitrogens is 1. The number of carbonyl (C=O) groups is 2. The predicted molar refractivity (Wildman–Crippen MR) is 105 cm³/mol. The first kappa shape index (κ1) is 17.8. The lowest BCUT2D eigenvalue weighted by Crippen LogP contribution is -2.34. The summed E-state index contributed by atoms with van der Waals surface area (Å²) in [6, 6.07) is 8.05. The fraction of sp³-hybridized carbons (Fsp3) is 0.455. The Morgan fingerprint density at radius 3 is 2.74 bits per heavy atom. The topological polar surface area (TPSA) is 62.4 Å². The van der Waals surface area contributed by atoms with Crippen molar-refractivity contribution in [3.63, 3.8) is 0 Å². The molecule has 0 saturated heterocycles. The minimum absolute atomic E-state index is 0.0756. The average Bonchev–Trinajstić information content (AvgIpc) is 2.96. The molecular formula is C22H26N2O3. The van der Waals surface area contributed by atoms with E-state index in [0.29, 0.717) is 18.7 Å². The molecule has 2 heterocycles. The summed E-state index contributed by atoms with van der Waals surface area (Å²) < 4.78 is 5.30. The van der Waals surface area contributed by atoms with Gasteiger partial charge in [-0.3, -0.25) is 4.79 Å². The van der Waals surface area contributed by atoms with Gasteiger partial charge in [-0.1, -0.05) is 37.5 Å². The molecule has 1 aromatic carbocycles. The molecule has 0 radical (unpaired) electrons. The summed E-state index contributed by atoms with van der Waals surface area (Å²) in [5, 5.41) is 1.11. The minimum Gasteiger partial charge on any atom is -0.462 e. The number of hydrogen-bond acceptors (Lipinski definition) is 3. The Balaban J connectivity index is 1.73. The van der Waals surface area contributed by atoms with Crippen LogP contribution in [0.3, 0.4) is 0 Å². The van der Waals surface area contributed by atoms with Crippen LogP contribution >= 0.6 is 0 Å². The van der Waals surface area contributed by atoms with Gasteiger partial charge in [0.1, 0.15) is 0 Å². The van der Waals surface area contributed by atoms with Crippen molar-refractivity contribution in [2.24, 2.45) is 5.92 Å². The highest BCUT2D eigenvalue weighted by Gasteiger charge is 2.30. The molecule has 1 fully saturated rings. The van der Waals surface area contributed by atoms with Gasteiger partial charge in [-0.05, 0) is 37.8 Å². The highest BCUT2D eigenvalue weighted by molar-refractivity contribution is 6.18. The van der Waals surface area contributed by atoms with Crippen LogP contribution in [-0.2, 0) is 20.7 Å². The highest BCUT2D eigenvalue weighted by Crippen LogP contribution is 2.33. The van der Waals surface area contributed by atoms with E-state index >= 15 is 0 Å². The van der Waals surface area contributed by atoms with Crippen molar-refractivity contribution in [3.05, 3.63) is 41.7 Å². The van der Waals surface area contributed by atoms with Crippen LogP contribution in [0.4, 0.5) is 0 Å². The minimum atomic E-state index is -0.381. The van der Waals surface area contributed by atoms with Gasteiger partial charge in [0.05, 0.1) is 17.9 Å². The molecule has 142 valence electrons. The molecule has 0 unspecified atom stereocenters. The molecule has 0 bridgehead atoms. The number of benzene rings is 1. The van der Waals surface area contributed by atoms with Gasteiger partial charge >= 0.3 is 5.97 Å². The van der Waals surface area contributed by atoms with Crippen LogP contribution in [0.25, 0.3) is 16.5 Å². The normalized spacial score (nSPS) is 18.0. The van der Waals surface area contributed by atoms with Crippen molar-refractivity contribution in [1.82, 2.24) is 9.88 Å². The molecule has 4 rings (SSSR count). The molecule has 5 nitrogen and oxygen atoms in total. The smallest absolute Gasteiger partial charge is 0.341 e. The summed E-state index contributed by atoms with van der Waals surface area (Å²) in [6.07, 6.45) is 7.78. The van der Waals surface area contributed by atoms with E-state index in [1.165, 1.54) is 6.42 Å². The molecule has 1 N–H and O–H groups in total. The molecule has 1 aliphatic heterocycles. The number of hydrogen-bond donors (Lipinski definition) is 1. The van der Waals surface area contributed by atoms with E-state index in [9.17, 15) is 9.59 Å². The largest absolute Gasteiger partial charge is 0.462 e. The van der Waals surface area contributed by atoms with Crippen molar-refractivity contribution < 1.29 is 14.3 Å². The van der Waals surface area contributed by atoms with Gasteiger partial charge in [0.25, 0.3) is 0 Å². The second-order valence-electron chi connectivity index (χ2n) is 7.40. The number of ether oxygens (including phenoxy) is 1. The zero-order valence-corrected chi connectivity index (χ0v) is 15.8. The van der Waals surface area contributed by atoms with Crippen molar-refractivity contribution >= 4 is 28.4 Å². The van der Waals surface area contributed by atoms with Crippen molar-refractivity contribution in [2.75, 3.05) is 13.2 Å². The summed E-state index contributed by atoms with van der Waals surface area (Å²) >= 11 is 0. The zero-order chi connectivity index (χ0) is 18.8. The Morgan fingerprint density at radius 2 is 1.96 bits per heavy atom. The number of nitrogens with one attached hydrogen (secondary N) is 1. The number of aromatic amines is 1. The van der Waals surface area contributed by atoms with Crippen LogP contribution in [0, 0.1) is 5.92 Å². The molecule has 2 aliphatic rings. The zero-order valence-electron chi connectivity index (χ0n) is 15.8. The van der Waals surface area contributed by atoms with Gasteiger partial charge < -0.3 is 14.6 Å². The van der Waals surface area contributed by atoms with Crippen LogP contribution in [0.15, 0.2) is 30.5 Å². The van der Waals surface area contributed by atoms with Crippen molar-refractivity contribution in [2.45, 2.75) is 45.4 Å². The Hall–Kier alpha value is -2.56. The molecule has 1 saturated carbocycles. The molecule has 5 heteroatoms. The number of para-hydroxylation sites is 1. The molecule has 27 heavy (non-hydrogen) atoms. The lowest BCUT2D eigenvalue weighted by molar-refractivity contribution is -0.136. The third-order valence-corrected chi connectivity index (χ3v) is 5.70. The quantitative estimate of drug-likeness (QED) is 0.834. The Bertz CT molecular complexity index is 890. The van der Waals surface area contributed by atoms with Crippen LogP contribution < -0.4 is 0 Å². The second-order valence-corrected chi connectivity index (χ2v) is 7.40. The number of carbonyl (C=O) groups excluding carboxylic acids is 2. The number of H-pyrrole nitrogens is 1. The summed E-state index contributed by atoms with van der Waals surface area (Å²) in [5.74, 6) is -0.161. The Kier molecular flexibility index (Phi) is 5.01. The van der Waals surface area contributed by atoms with E-state index in [4.69, 9.17) is 4.74 Å². The van der Waals surface area contributed by atoms with Gasteiger partial charge in [-0.15, -0.1) is 0 Å². The molecule has 0 atom stereocenters. The second kappa shape index (κ2) is 7.59. The molecule has 2 aromatic rings. The van der Waals surface area contributed by atoms with Crippen LogP contribution in [0.2, 0.25) is 0 Å². The average molecular weight is 366 g/mol. The van der Waals surface area contributed by atoms with Crippen molar-refractivity contribution in [1.29, 1.82) is 0 Å². The first-order valence-electron chi connectivity index (χ1n) is 9.98. The predicted octanol–water partition coefficient (Wildman–Crippen LogP) is 4.04. The van der Waals surface area contributed by atoms with Crippen LogP contribution in [-0.4, -0.2) is 34.9 Å².